The van der Waals surface area contributed by atoms with Crippen LogP contribution in [0.3, 0.4) is 0 Å². The molecule has 0 aromatic heterocycles. The Morgan fingerprint density at radius 1 is 1.45 bits per heavy atom. The summed E-state index contributed by atoms with van der Waals surface area (Å²) in [5.41, 5.74) is 0.835. The zero-order valence-electron chi connectivity index (χ0n) is 12.9. The lowest BCUT2D eigenvalue weighted by atomic mass is 9.94. The lowest BCUT2D eigenvalue weighted by molar-refractivity contribution is 0.276. The van der Waals surface area contributed by atoms with Crippen LogP contribution in [-0.2, 0) is 10.0 Å². The van der Waals surface area contributed by atoms with Crippen LogP contribution in [0.1, 0.15) is 31.4 Å². The van der Waals surface area contributed by atoms with Crippen molar-refractivity contribution in [3.63, 3.8) is 0 Å². The Morgan fingerprint density at radius 3 is 2.82 bits per heavy atom. The van der Waals surface area contributed by atoms with Gasteiger partial charge in [0, 0.05) is 12.6 Å². The van der Waals surface area contributed by atoms with Gasteiger partial charge in [-0.25, -0.2) is 17.5 Å². The molecule has 1 aromatic carbocycles. The molecule has 1 heterocycles. The Kier molecular flexibility index (Phi) is 5.82. The SMILES string of the molecule is CCCS(=O)(=O)NCC1CCN(C)C1c1ccc(Cl)c(F)c1. The van der Waals surface area contributed by atoms with Gasteiger partial charge in [0.2, 0.25) is 10.0 Å². The molecule has 2 rings (SSSR count). The van der Waals surface area contributed by atoms with E-state index in [0.717, 1.165) is 18.5 Å². The van der Waals surface area contributed by atoms with Crippen molar-refractivity contribution >= 4 is 21.6 Å². The van der Waals surface area contributed by atoms with Crippen molar-refractivity contribution in [2.75, 3.05) is 25.9 Å². The maximum atomic E-state index is 13.7. The van der Waals surface area contributed by atoms with E-state index in [4.69, 9.17) is 11.6 Å². The molecule has 2 atom stereocenters. The van der Waals surface area contributed by atoms with E-state index in [1.54, 1.807) is 6.07 Å². The quantitative estimate of drug-likeness (QED) is 0.860. The second kappa shape index (κ2) is 7.25. The standard InChI is InChI=1S/C15H22ClFN2O2S/c1-3-8-22(20,21)18-10-12-6-7-19(2)15(12)11-4-5-13(16)14(17)9-11/h4-5,9,12,15,18H,3,6-8,10H2,1-2H3. The highest BCUT2D eigenvalue weighted by Crippen LogP contribution is 2.36. The highest BCUT2D eigenvalue weighted by molar-refractivity contribution is 7.89. The Bertz CT molecular complexity index is 624. The van der Waals surface area contributed by atoms with E-state index in [0.29, 0.717) is 13.0 Å². The molecule has 0 aliphatic carbocycles. The van der Waals surface area contributed by atoms with Gasteiger partial charge < -0.3 is 0 Å². The summed E-state index contributed by atoms with van der Waals surface area (Å²) in [5, 5.41) is 0.101. The summed E-state index contributed by atoms with van der Waals surface area (Å²) >= 11 is 5.74. The van der Waals surface area contributed by atoms with Crippen LogP contribution in [0, 0.1) is 11.7 Å². The normalized spacial score (nSPS) is 23.1. The average molecular weight is 349 g/mol. The molecule has 1 fully saturated rings. The molecule has 0 radical (unpaired) electrons. The van der Waals surface area contributed by atoms with Gasteiger partial charge in [0.1, 0.15) is 5.82 Å². The molecule has 1 saturated heterocycles. The molecule has 1 aromatic rings. The molecule has 0 saturated carbocycles. The van der Waals surface area contributed by atoms with Gasteiger partial charge >= 0.3 is 0 Å². The number of halogens is 2. The topological polar surface area (TPSA) is 49.4 Å². The molecular weight excluding hydrogens is 327 g/mol. The first-order valence-corrected chi connectivity index (χ1v) is 9.49. The van der Waals surface area contributed by atoms with E-state index >= 15 is 0 Å². The van der Waals surface area contributed by atoms with E-state index in [2.05, 4.69) is 9.62 Å². The molecular formula is C15H22ClFN2O2S. The molecule has 1 aliphatic heterocycles. The molecule has 124 valence electrons. The van der Waals surface area contributed by atoms with Crippen molar-refractivity contribution in [2.45, 2.75) is 25.8 Å². The number of benzene rings is 1. The highest BCUT2D eigenvalue weighted by Gasteiger charge is 2.33. The fourth-order valence-electron chi connectivity index (χ4n) is 3.04. The van der Waals surface area contributed by atoms with Crippen LogP contribution in [0.15, 0.2) is 18.2 Å². The number of sulfonamides is 1. The van der Waals surface area contributed by atoms with Crippen molar-refractivity contribution in [1.82, 2.24) is 9.62 Å². The largest absolute Gasteiger partial charge is 0.299 e. The Balaban J connectivity index is 2.12. The highest BCUT2D eigenvalue weighted by atomic mass is 35.5. The van der Waals surface area contributed by atoms with Gasteiger partial charge in [-0.2, -0.15) is 0 Å². The molecule has 22 heavy (non-hydrogen) atoms. The molecule has 7 heteroatoms. The van der Waals surface area contributed by atoms with Crippen molar-refractivity contribution < 1.29 is 12.8 Å². The zero-order chi connectivity index (χ0) is 16.3. The summed E-state index contributed by atoms with van der Waals surface area (Å²) in [4.78, 5) is 2.13. The summed E-state index contributed by atoms with van der Waals surface area (Å²) < 4.78 is 40.0. The third-order valence-corrected chi connectivity index (χ3v) is 5.96. The third-order valence-electron chi connectivity index (χ3n) is 4.10. The first kappa shape index (κ1) is 17.7. The maximum absolute atomic E-state index is 13.7. The molecule has 1 N–H and O–H groups in total. The third kappa shape index (κ3) is 4.19. The summed E-state index contributed by atoms with van der Waals surface area (Å²) in [6.45, 7) is 3.07. The first-order chi connectivity index (χ1) is 10.3. The van der Waals surface area contributed by atoms with Crippen molar-refractivity contribution in [1.29, 1.82) is 0 Å². The van der Waals surface area contributed by atoms with Gasteiger partial charge in [-0.15, -0.1) is 0 Å². The molecule has 0 bridgehead atoms. The van der Waals surface area contributed by atoms with Crippen LogP contribution < -0.4 is 4.72 Å². The van der Waals surface area contributed by atoms with Crippen LogP contribution in [0.2, 0.25) is 5.02 Å². The summed E-state index contributed by atoms with van der Waals surface area (Å²) in [6.07, 6.45) is 1.46. The smallest absolute Gasteiger partial charge is 0.211 e. The van der Waals surface area contributed by atoms with Crippen LogP contribution >= 0.6 is 11.6 Å². The van der Waals surface area contributed by atoms with E-state index < -0.39 is 15.8 Å². The first-order valence-electron chi connectivity index (χ1n) is 7.46. The molecule has 0 spiro atoms. The lowest BCUT2D eigenvalue weighted by Gasteiger charge is -2.26. The summed E-state index contributed by atoms with van der Waals surface area (Å²) in [7, 11) is -1.25. The Labute approximate surface area is 136 Å². The van der Waals surface area contributed by atoms with Crippen molar-refractivity contribution in [3.8, 4) is 0 Å². The lowest BCUT2D eigenvalue weighted by Crippen LogP contribution is -2.33. The number of nitrogens with zero attached hydrogens (tertiary/aromatic N) is 1. The number of hydrogen-bond donors (Lipinski definition) is 1. The summed E-state index contributed by atoms with van der Waals surface area (Å²) in [5.74, 6) is -0.183. The van der Waals surface area contributed by atoms with Gasteiger partial charge in [0.05, 0.1) is 10.8 Å². The predicted octanol–water partition coefficient (Wildman–Crippen LogP) is 2.80. The molecule has 0 amide bonds. The van der Waals surface area contributed by atoms with Gasteiger partial charge in [0.25, 0.3) is 0 Å². The van der Waals surface area contributed by atoms with Gasteiger partial charge in [-0.05, 0) is 50.0 Å². The minimum Gasteiger partial charge on any atom is -0.299 e. The minimum atomic E-state index is -3.22. The number of likely N-dealkylation sites (tertiary alicyclic amines) is 1. The van der Waals surface area contributed by atoms with Crippen LogP contribution in [0.4, 0.5) is 4.39 Å². The minimum absolute atomic E-state index is 0.00362. The zero-order valence-corrected chi connectivity index (χ0v) is 14.4. The van der Waals surface area contributed by atoms with E-state index in [-0.39, 0.29) is 22.7 Å². The van der Waals surface area contributed by atoms with Crippen molar-refractivity contribution in [3.05, 3.63) is 34.6 Å². The van der Waals surface area contributed by atoms with Crippen LogP contribution in [0.25, 0.3) is 0 Å². The second-order valence-electron chi connectivity index (χ2n) is 5.82. The van der Waals surface area contributed by atoms with Crippen LogP contribution in [0.5, 0.6) is 0 Å². The second-order valence-corrected chi connectivity index (χ2v) is 8.15. The monoisotopic (exact) mass is 348 g/mol. The van der Waals surface area contributed by atoms with Crippen molar-refractivity contribution in [2.24, 2.45) is 5.92 Å². The Morgan fingerprint density at radius 2 is 2.18 bits per heavy atom. The van der Waals surface area contributed by atoms with Gasteiger partial charge in [0.15, 0.2) is 0 Å². The van der Waals surface area contributed by atoms with E-state index in [1.807, 2.05) is 20.0 Å². The summed E-state index contributed by atoms with van der Waals surface area (Å²) in [6, 6.07) is 4.81. The molecule has 1 aliphatic rings. The Hall–Kier alpha value is -0.690. The maximum Gasteiger partial charge on any atom is 0.211 e. The fourth-order valence-corrected chi connectivity index (χ4v) is 4.31. The van der Waals surface area contributed by atoms with E-state index in [1.165, 1.54) is 6.07 Å². The average Bonchev–Trinajstić information content (AvgIpc) is 2.81. The van der Waals surface area contributed by atoms with E-state index in [9.17, 15) is 12.8 Å². The molecule has 2 unspecified atom stereocenters. The molecule has 4 nitrogen and oxygen atoms in total. The fraction of sp³-hybridized carbons (Fsp3) is 0.600. The van der Waals surface area contributed by atoms with Crippen LogP contribution in [-0.4, -0.2) is 39.2 Å². The number of rotatable bonds is 6. The number of nitrogens with one attached hydrogen (secondary N) is 1. The van der Waals surface area contributed by atoms with Gasteiger partial charge in [-0.3, -0.25) is 4.90 Å². The van der Waals surface area contributed by atoms with Gasteiger partial charge in [-0.1, -0.05) is 24.6 Å². The predicted molar refractivity (Wildman–Crippen MR) is 87.0 cm³/mol. The number of hydrogen-bond acceptors (Lipinski definition) is 3.